The number of carbonyl (C=O) groups excluding carboxylic acids is 2. The zero-order valence-electron chi connectivity index (χ0n) is 14.0. The van der Waals surface area contributed by atoms with Gasteiger partial charge in [-0.25, -0.2) is 0 Å². The molecule has 0 fully saturated rings. The molecular weight excluding hydrogens is 280 g/mol. The van der Waals surface area contributed by atoms with E-state index >= 15 is 0 Å². The number of rotatable bonds is 1. The Balaban J connectivity index is 2.79. The van der Waals surface area contributed by atoms with Crippen molar-refractivity contribution in [3.8, 4) is 0 Å². The van der Waals surface area contributed by atoms with Crippen LogP contribution in [0.5, 0.6) is 0 Å². The minimum atomic E-state index is -0.886. The third kappa shape index (κ3) is 5.42. The van der Waals surface area contributed by atoms with Crippen molar-refractivity contribution in [1.82, 2.24) is 16.0 Å². The lowest BCUT2D eigenvalue weighted by Crippen LogP contribution is -2.59. The van der Waals surface area contributed by atoms with Gasteiger partial charge in [-0.1, -0.05) is 12.2 Å². The zero-order chi connectivity index (χ0) is 16.6. The van der Waals surface area contributed by atoms with Gasteiger partial charge in [-0.15, -0.1) is 0 Å². The van der Waals surface area contributed by atoms with Crippen LogP contribution in [0.25, 0.3) is 0 Å². The van der Waals surface area contributed by atoms with E-state index in [9.17, 15) is 9.59 Å². The van der Waals surface area contributed by atoms with Crippen molar-refractivity contribution in [2.45, 2.75) is 63.5 Å². The first-order valence-corrected chi connectivity index (χ1v) is 8.01. The summed E-state index contributed by atoms with van der Waals surface area (Å²) in [7, 11) is 1.62. The number of nitrogens with two attached hydrogens (primary N) is 1. The van der Waals surface area contributed by atoms with Gasteiger partial charge in [0.25, 0.3) is 0 Å². The Morgan fingerprint density at radius 2 is 1.82 bits per heavy atom. The largest absolute Gasteiger partial charge is 0.358 e. The third-order valence-electron chi connectivity index (χ3n) is 4.26. The van der Waals surface area contributed by atoms with Crippen molar-refractivity contribution in [2.75, 3.05) is 13.7 Å². The fraction of sp³-hybridized carbons (Fsp3) is 0.750. The second-order valence-corrected chi connectivity index (χ2v) is 6.44. The first kappa shape index (κ1) is 18.6. The highest BCUT2D eigenvalue weighted by atomic mass is 16.2. The summed E-state index contributed by atoms with van der Waals surface area (Å²) in [5.74, 6) is -0.270. The molecule has 1 aliphatic heterocycles. The van der Waals surface area contributed by atoms with Crippen LogP contribution in [-0.4, -0.2) is 36.6 Å². The van der Waals surface area contributed by atoms with Crippen LogP contribution in [-0.2, 0) is 9.59 Å². The second-order valence-electron chi connectivity index (χ2n) is 6.44. The smallest absolute Gasteiger partial charge is 0.240 e. The molecule has 6 nitrogen and oxygen atoms in total. The molecule has 0 bridgehead atoms. The Kier molecular flexibility index (Phi) is 7.03. The quantitative estimate of drug-likeness (QED) is 0.538. The molecule has 0 saturated heterocycles. The first-order valence-electron chi connectivity index (χ1n) is 8.01. The molecular formula is C16H30N4O2. The molecule has 0 aromatic carbocycles. The van der Waals surface area contributed by atoms with Gasteiger partial charge in [0.1, 0.15) is 0 Å². The van der Waals surface area contributed by atoms with E-state index in [-0.39, 0.29) is 18.5 Å². The van der Waals surface area contributed by atoms with Crippen molar-refractivity contribution in [2.24, 2.45) is 5.73 Å². The fourth-order valence-corrected chi connectivity index (χ4v) is 2.59. The maximum atomic E-state index is 12.2. The van der Waals surface area contributed by atoms with E-state index in [0.717, 1.165) is 25.7 Å². The second kappa shape index (κ2) is 8.29. The molecule has 1 heterocycles. The molecule has 22 heavy (non-hydrogen) atoms. The van der Waals surface area contributed by atoms with Crippen LogP contribution in [0.3, 0.4) is 0 Å². The van der Waals surface area contributed by atoms with Crippen LogP contribution >= 0.6 is 0 Å². The predicted molar refractivity (Wildman–Crippen MR) is 88.1 cm³/mol. The van der Waals surface area contributed by atoms with Gasteiger partial charge < -0.3 is 16.4 Å². The van der Waals surface area contributed by atoms with Crippen molar-refractivity contribution < 1.29 is 9.59 Å². The van der Waals surface area contributed by atoms with Crippen LogP contribution in [0.1, 0.15) is 52.4 Å². The molecule has 2 amide bonds. The summed E-state index contributed by atoms with van der Waals surface area (Å²) >= 11 is 0. The number of hydrogen-bond acceptors (Lipinski definition) is 4. The molecule has 0 aromatic heterocycles. The molecule has 0 saturated carbocycles. The van der Waals surface area contributed by atoms with Crippen molar-refractivity contribution in [1.29, 1.82) is 0 Å². The van der Waals surface area contributed by atoms with Crippen LogP contribution < -0.4 is 21.7 Å². The van der Waals surface area contributed by atoms with E-state index in [1.165, 1.54) is 0 Å². The molecule has 6 heteroatoms. The topological polar surface area (TPSA) is 96.2 Å². The number of amides is 2. The number of hydrogen-bond donors (Lipinski definition) is 4. The van der Waals surface area contributed by atoms with Crippen LogP contribution in [0.4, 0.5) is 0 Å². The van der Waals surface area contributed by atoms with Gasteiger partial charge in [0.2, 0.25) is 11.8 Å². The number of carbonyl (C=O) groups is 2. The molecule has 126 valence electrons. The maximum absolute atomic E-state index is 12.2. The van der Waals surface area contributed by atoms with E-state index in [1.807, 2.05) is 6.92 Å². The normalized spacial score (nSPS) is 33.4. The highest BCUT2D eigenvalue weighted by Gasteiger charge is 2.32. The molecule has 0 radical (unpaired) electrons. The monoisotopic (exact) mass is 310 g/mol. The lowest BCUT2D eigenvalue weighted by Gasteiger charge is -2.30. The van der Waals surface area contributed by atoms with Gasteiger partial charge in [-0.05, 0) is 52.4 Å². The minimum Gasteiger partial charge on any atom is -0.358 e. The fourth-order valence-electron chi connectivity index (χ4n) is 2.59. The highest BCUT2D eigenvalue weighted by Crippen LogP contribution is 2.16. The zero-order valence-corrected chi connectivity index (χ0v) is 14.0. The molecule has 1 aliphatic rings. The maximum Gasteiger partial charge on any atom is 0.240 e. The van der Waals surface area contributed by atoms with Gasteiger partial charge in [0.15, 0.2) is 0 Å². The summed E-state index contributed by atoms with van der Waals surface area (Å²) in [6.07, 6.45) is 9.28. The summed E-state index contributed by atoms with van der Waals surface area (Å²) in [6.45, 7) is 3.83. The summed E-state index contributed by atoms with van der Waals surface area (Å²) in [6, 6.07) is 0. The summed E-state index contributed by atoms with van der Waals surface area (Å²) < 4.78 is 0. The van der Waals surface area contributed by atoms with Crippen molar-refractivity contribution in [3.63, 3.8) is 0 Å². The molecule has 5 N–H and O–H groups in total. The average Bonchev–Trinajstić information content (AvgIpc) is 2.48. The molecule has 0 aromatic rings. The Hall–Kier alpha value is -1.40. The lowest BCUT2D eigenvalue weighted by atomic mass is 9.92. The Morgan fingerprint density at radius 1 is 1.23 bits per heavy atom. The Morgan fingerprint density at radius 3 is 2.41 bits per heavy atom. The van der Waals surface area contributed by atoms with Crippen LogP contribution in [0, 0.1) is 0 Å². The first-order chi connectivity index (χ1) is 10.3. The molecule has 1 rings (SSSR count). The van der Waals surface area contributed by atoms with Crippen LogP contribution in [0.15, 0.2) is 12.2 Å². The van der Waals surface area contributed by atoms with Gasteiger partial charge in [0, 0.05) is 7.05 Å². The molecule has 0 unspecified atom stereocenters. The SMILES string of the molecule is CNC(=O)[C@]1(C)CCC/C=C/CCC[C@](C)(N)C(=O)NCN1. The number of likely N-dealkylation sites (N-methyl/N-ethyl adjacent to an activating group) is 1. The molecule has 0 aliphatic carbocycles. The van der Waals surface area contributed by atoms with E-state index in [2.05, 4.69) is 28.1 Å². The van der Waals surface area contributed by atoms with Gasteiger partial charge in [-0.3, -0.25) is 14.9 Å². The highest BCUT2D eigenvalue weighted by molar-refractivity contribution is 5.86. The van der Waals surface area contributed by atoms with Crippen LogP contribution in [0.2, 0.25) is 0 Å². The summed E-state index contributed by atoms with van der Waals surface area (Å²) in [5, 5.41) is 8.61. The van der Waals surface area contributed by atoms with Gasteiger partial charge in [-0.2, -0.15) is 0 Å². The van der Waals surface area contributed by atoms with Crippen molar-refractivity contribution >= 4 is 11.8 Å². The minimum absolute atomic E-state index is 0.0756. The van der Waals surface area contributed by atoms with Gasteiger partial charge in [0.05, 0.1) is 17.7 Å². The third-order valence-corrected chi connectivity index (χ3v) is 4.26. The van der Waals surface area contributed by atoms with Crippen molar-refractivity contribution in [3.05, 3.63) is 12.2 Å². The average molecular weight is 310 g/mol. The predicted octanol–water partition coefficient (Wildman–Crippen LogP) is 0.782. The molecule has 0 spiro atoms. The van der Waals surface area contributed by atoms with E-state index in [1.54, 1.807) is 14.0 Å². The standard InChI is InChI=1S/C16H30N4O2/c1-15(17)10-8-6-4-5-7-9-11-16(2,14(22)18-3)20-12-19-13(15)21/h4-5,20H,6-12,17H2,1-3H3,(H,18,22)(H,19,21)/b5-4+/t15-,16-/m0/s1. The lowest BCUT2D eigenvalue weighted by molar-refractivity contribution is -0.129. The summed E-state index contributed by atoms with van der Waals surface area (Å²) in [5.41, 5.74) is 4.49. The van der Waals surface area contributed by atoms with Gasteiger partial charge >= 0.3 is 0 Å². The number of allylic oxidation sites excluding steroid dienone is 2. The number of nitrogens with one attached hydrogen (secondary N) is 3. The Bertz CT molecular complexity index is 420. The van der Waals surface area contributed by atoms with E-state index in [4.69, 9.17) is 5.73 Å². The summed E-state index contributed by atoms with van der Waals surface area (Å²) in [4.78, 5) is 24.3. The van der Waals surface area contributed by atoms with E-state index < -0.39 is 11.1 Å². The van der Waals surface area contributed by atoms with E-state index in [0.29, 0.717) is 12.8 Å². The molecule has 2 atom stereocenters. The Labute approximate surface area is 133 Å².